The number of ether oxygens (including phenoxy) is 2. The maximum Gasteiger partial charge on any atom is 0.407 e. The van der Waals surface area contributed by atoms with E-state index in [2.05, 4.69) is 15.3 Å². The van der Waals surface area contributed by atoms with E-state index in [9.17, 15) is 18.5 Å². The van der Waals surface area contributed by atoms with Crippen molar-refractivity contribution < 1.29 is 22.7 Å². The van der Waals surface area contributed by atoms with Gasteiger partial charge in [-0.3, -0.25) is 0 Å². The number of nitriles is 1. The van der Waals surface area contributed by atoms with Crippen LogP contribution in [0.15, 0.2) is 41.7 Å². The summed E-state index contributed by atoms with van der Waals surface area (Å²) < 4.78 is 34.4. The van der Waals surface area contributed by atoms with Gasteiger partial charge in [0.05, 0.1) is 6.20 Å². The van der Waals surface area contributed by atoms with Gasteiger partial charge in [-0.25, -0.2) is 18.2 Å². The minimum Gasteiger partial charge on any atom is -0.473 e. The molecule has 10 heteroatoms. The third kappa shape index (κ3) is 4.77. The molecule has 2 aliphatic rings. The molecule has 1 amide bonds. The number of hydrogen-bond donors (Lipinski definition) is 1. The fourth-order valence-corrected chi connectivity index (χ4v) is 4.69. The van der Waals surface area contributed by atoms with Crippen LogP contribution in [0, 0.1) is 16.7 Å². The zero-order valence-electron chi connectivity index (χ0n) is 16.9. The van der Waals surface area contributed by atoms with Gasteiger partial charge in [0.15, 0.2) is 0 Å². The Kier molecular flexibility index (Phi) is 5.54. The van der Waals surface area contributed by atoms with Gasteiger partial charge in [-0.15, -0.1) is 0 Å². The average molecular weight is 442 g/mol. The fraction of sp³-hybridized carbons (Fsp3) is 0.429. The van der Waals surface area contributed by atoms with E-state index in [0.29, 0.717) is 0 Å². The number of carbonyl (C=O) groups excluding carboxylic acids is 1. The largest absolute Gasteiger partial charge is 0.473 e. The Bertz CT molecular complexity index is 1120. The highest BCUT2D eigenvalue weighted by atomic mass is 32.2. The number of benzene rings is 1. The zero-order chi connectivity index (χ0) is 22.1. The van der Waals surface area contributed by atoms with Crippen LogP contribution in [0.1, 0.15) is 36.8 Å². The van der Waals surface area contributed by atoms with Crippen LogP contribution >= 0.6 is 0 Å². The molecule has 0 unspecified atom stereocenters. The predicted molar refractivity (Wildman–Crippen MR) is 109 cm³/mol. The van der Waals surface area contributed by atoms with Crippen LogP contribution in [0.3, 0.4) is 0 Å². The second-order valence-corrected chi connectivity index (χ2v) is 10.1. The number of amides is 1. The Morgan fingerprint density at radius 2 is 1.97 bits per heavy atom. The first-order valence-electron chi connectivity index (χ1n) is 9.87. The van der Waals surface area contributed by atoms with E-state index in [1.54, 1.807) is 0 Å². The van der Waals surface area contributed by atoms with E-state index in [0.717, 1.165) is 43.7 Å². The highest BCUT2D eigenvalue weighted by Gasteiger charge is 2.54. The SMILES string of the molecule is CS(=O)(=O)c1ncc(C#N)c(OC2CC3(CC(NC(=O)OCc4ccccc4)C3)C2)n1. The quantitative estimate of drug-likeness (QED) is 0.675. The average Bonchev–Trinajstić information content (AvgIpc) is 2.69. The van der Waals surface area contributed by atoms with E-state index in [1.807, 2.05) is 36.4 Å². The normalized spacial score (nSPS) is 24.4. The van der Waals surface area contributed by atoms with Crippen molar-refractivity contribution in [2.75, 3.05) is 6.26 Å². The molecule has 1 heterocycles. The van der Waals surface area contributed by atoms with Gasteiger partial charge in [-0.05, 0) is 36.7 Å². The van der Waals surface area contributed by atoms with Crippen molar-refractivity contribution in [3.05, 3.63) is 47.7 Å². The van der Waals surface area contributed by atoms with Crippen LogP contribution < -0.4 is 10.1 Å². The number of sulfone groups is 1. The lowest BCUT2D eigenvalue weighted by molar-refractivity contribution is -0.0859. The molecule has 2 aliphatic carbocycles. The molecule has 0 aliphatic heterocycles. The zero-order valence-corrected chi connectivity index (χ0v) is 17.8. The van der Waals surface area contributed by atoms with Crippen LogP contribution in [0.25, 0.3) is 0 Å². The predicted octanol–water partition coefficient (Wildman–Crippen LogP) is 2.37. The van der Waals surface area contributed by atoms with Crippen molar-refractivity contribution in [1.82, 2.24) is 15.3 Å². The van der Waals surface area contributed by atoms with Gasteiger partial charge >= 0.3 is 6.09 Å². The van der Waals surface area contributed by atoms with E-state index in [-0.39, 0.29) is 40.8 Å². The second-order valence-electron chi connectivity index (χ2n) is 8.21. The highest BCUT2D eigenvalue weighted by molar-refractivity contribution is 7.90. The molecule has 4 rings (SSSR count). The summed E-state index contributed by atoms with van der Waals surface area (Å²) in [6.07, 6.45) is 4.76. The Morgan fingerprint density at radius 1 is 1.26 bits per heavy atom. The van der Waals surface area contributed by atoms with Crippen LogP contribution in [0.5, 0.6) is 5.88 Å². The number of carbonyl (C=O) groups is 1. The van der Waals surface area contributed by atoms with Gasteiger partial charge in [0.1, 0.15) is 24.3 Å². The number of nitrogens with one attached hydrogen (secondary N) is 1. The van der Waals surface area contributed by atoms with Gasteiger partial charge in [-0.1, -0.05) is 30.3 Å². The van der Waals surface area contributed by atoms with Gasteiger partial charge in [0.25, 0.3) is 0 Å². The summed E-state index contributed by atoms with van der Waals surface area (Å²) >= 11 is 0. The first kappa shape index (κ1) is 21.1. The summed E-state index contributed by atoms with van der Waals surface area (Å²) in [6, 6.07) is 11.5. The van der Waals surface area contributed by atoms with Crippen molar-refractivity contribution in [3.8, 4) is 11.9 Å². The van der Waals surface area contributed by atoms with Crippen LogP contribution in [-0.4, -0.2) is 42.9 Å². The second kappa shape index (κ2) is 8.15. The van der Waals surface area contributed by atoms with Crippen molar-refractivity contribution in [2.24, 2.45) is 5.41 Å². The Hall–Kier alpha value is -3.19. The van der Waals surface area contributed by atoms with Crippen LogP contribution in [0.2, 0.25) is 0 Å². The van der Waals surface area contributed by atoms with Gasteiger partial charge in [-0.2, -0.15) is 10.2 Å². The van der Waals surface area contributed by atoms with Gasteiger partial charge in [0, 0.05) is 12.3 Å². The molecule has 0 saturated heterocycles. The molecule has 1 spiro atoms. The summed E-state index contributed by atoms with van der Waals surface area (Å²) in [5.41, 5.74) is 1.13. The molecule has 9 nitrogen and oxygen atoms in total. The molecule has 1 aromatic heterocycles. The third-order valence-corrected chi connectivity index (χ3v) is 6.54. The van der Waals surface area contributed by atoms with Gasteiger partial charge in [0.2, 0.25) is 20.9 Å². The highest BCUT2D eigenvalue weighted by Crippen LogP contribution is 2.56. The topological polar surface area (TPSA) is 131 Å². The van der Waals surface area contributed by atoms with E-state index < -0.39 is 15.9 Å². The van der Waals surface area contributed by atoms with Gasteiger partial charge < -0.3 is 14.8 Å². The summed E-state index contributed by atoms with van der Waals surface area (Å²) in [4.78, 5) is 19.6. The molecule has 1 aromatic carbocycles. The molecule has 2 saturated carbocycles. The standard InChI is InChI=1S/C21H22N4O5S/c1-31(27,28)19-23-12-15(11-22)18(25-19)30-17-9-21(10-17)7-16(8-21)24-20(26)29-13-14-5-3-2-4-6-14/h2-6,12,16-17H,7-10,13H2,1H3,(H,24,26). The molecular weight excluding hydrogens is 420 g/mol. The van der Waals surface area contributed by atoms with E-state index in [1.165, 1.54) is 0 Å². The molecular formula is C21H22N4O5S. The molecule has 0 bridgehead atoms. The monoisotopic (exact) mass is 442 g/mol. The smallest absolute Gasteiger partial charge is 0.407 e. The summed E-state index contributed by atoms with van der Waals surface area (Å²) in [6.45, 7) is 0.232. The van der Waals surface area contributed by atoms with Crippen molar-refractivity contribution in [2.45, 2.75) is 49.6 Å². The Balaban J connectivity index is 1.24. The van der Waals surface area contributed by atoms with Crippen molar-refractivity contribution in [1.29, 1.82) is 5.26 Å². The van der Waals surface area contributed by atoms with Crippen molar-refractivity contribution in [3.63, 3.8) is 0 Å². The Morgan fingerprint density at radius 3 is 2.61 bits per heavy atom. The maximum absolute atomic E-state index is 12.0. The van der Waals surface area contributed by atoms with Crippen molar-refractivity contribution >= 4 is 15.9 Å². The van der Waals surface area contributed by atoms with Crippen LogP contribution in [0.4, 0.5) is 4.79 Å². The third-order valence-electron chi connectivity index (χ3n) is 5.68. The maximum atomic E-state index is 12.0. The summed E-state index contributed by atoms with van der Waals surface area (Å²) in [5.74, 6) is -0.00346. The first-order chi connectivity index (χ1) is 14.8. The number of alkyl carbamates (subject to hydrolysis) is 1. The van der Waals surface area contributed by atoms with E-state index in [4.69, 9.17) is 9.47 Å². The number of aromatic nitrogens is 2. The fourth-order valence-electron chi connectivity index (χ4n) is 4.20. The lowest BCUT2D eigenvalue weighted by Crippen LogP contribution is -2.58. The molecule has 1 N–H and O–H groups in total. The molecule has 0 atom stereocenters. The molecule has 162 valence electrons. The molecule has 2 aromatic rings. The lowest BCUT2D eigenvalue weighted by atomic mass is 9.53. The molecule has 0 radical (unpaired) electrons. The minimum absolute atomic E-state index is 0.00346. The lowest BCUT2D eigenvalue weighted by Gasteiger charge is -2.56. The van der Waals surface area contributed by atoms with E-state index >= 15 is 0 Å². The molecule has 31 heavy (non-hydrogen) atoms. The number of nitrogens with zero attached hydrogens (tertiary/aromatic N) is 3. The van der Waals surface area contributed by atoms with Crippen LogP contribution in [-0.2, 0) is 21.2 Å². The number of hydrogen-bond acceptors (Lipinski definition) is 8. The molecule has 2 fully saturated rings. The first-order valence-corrected chi connectivity index (χ1v) is 11.8. The minimum atomic E-state index is -3.60. The Labute approximate surface area is 180 Å². The summed E-state index contributed by atoms with van der Waals surface area (Å²) in [7, 11) is -3.60. The summed E-state index contributed by atoms with van der Waals surface area (Å²) in [5, 5.41) is 11.7. The number of rotatable bonds is 6.